The van der Waals surface area contributed by atoms with Crippen molar-refractivity contribution in [2.75, 3.05) is 0 Å². The van der Waals surface area contributed by atoms with E-state index in [0.29, 0.717) is 9.13 Å². The maximum atomic E-state index is 12.7. The van der Waals surface area contributed by atoms with E-state index in [9.17, 15) is 9.18 Å². The van der Waals surface area contributed by atoms with Gasteiger partial charge in [-0.05, 0) is 41.6 Å². The van der Waals surface area contributed by atoms with Crippen molar-refractivity contribution in [3.63, 3.8) is 0 Å². The summed E-state index contributed by atoms with van der Waals surface area (Å²) in [7, 11) is 0. The number of carbonyl (C=O) groups excluding carboxylic acids is 1. The first kappa shape index (κ1) is 9.92. The topological polar surface area (TPSA) is 17.1 Å². The van der Waals surface area contributed by atoms with Crippen molar-refractivity contribution in [2.24, 2.45) is 0 Å². The van der Waals surface area contributed by atoms with Crippen LogP contribution in [-0.4, -0.2) is 5.78 Å². The van der Waals surface area contributed by atoms with Crippen LogP contribution in [-0.2, 0) is 0 Å². The number of ketones is 1. The zero-order chi connectivity index (χ0) is 9.30. The highest BCUT2D eigenvalue weighted by Gasteiger charge is 2.11. The lowest BCUT2D eigenvalue weighted by Gasteiger charge is -2.02. The highest BCUT2D eigenvalue weighted by molar-refractivity contribution is 14.1. The molecule has 0 aliphatic rings. The normalized spacial score (nSPS) is 10.0. The van der Waals surface area contributed by atoms with Crippen LogP contribution in [0.1, 0.15) is 17.3 Å². The smallest absolute Gasteiger partial charge is 0.162 e. The Kier molecular flexibility index (Phi) is 3.06. The van der Waals surface area contributed by atoms with Gasteiger partial charge in [-0.15, -0.1) is 0 Å². The fourth-order valence-electron chi connectivity index (χ4n) is 0.879. The molecule has 0 radical (unpaired) electrons. The highest BCUT2D eigenvalue weighted by atomic mass is 127. The number of benzene rings is 1. The van der Waals surface area contributed by atoms with Crippen molar-refractivity contribution in [2.45, 2.75) is 6.92 Å². The van der Waals surface area contributed by atoms with Crippen LogP contribution < -0.4 is 0 Å². The molecule has 0 aromatic heterocycles. The van der Waals surface area contributed by atoms with Crippen molar-refractivity contribution < 1.29 is 9.18 Å². The van der Waals surface area contributed by atoms with Gasteiger partial charge in [0.2, 0.25) is 0 Å². The maximum absolute atomic E-state index is 12.7. The number of carbonyl (C=O) groups is 1. The molecule has 12 heavy (non-hydrogen) atoms. The second kappa shape index (κ2) is 3.70. The van der Waals surface area contributed by atoms with Crippen molar-refractivity contribution in [1.82, 2.24) is 0 Å². The highest BCUT2D eigenvalue weighted by Crippen LogP contribution is 2.23. The summed E-state index contributed by atoms with van der Waals surface area (Å²) in [6.07, 6.45) is 0. The standard InChI is InChI=1S/C8H5ClFIO/c1-4(12)8-6(9)2-5(10)3-7(8)11/h2-3H,1H3. The molecule has 1 rings (SSSR count). The lowest BCUT2D eigenvalue weighted by Crippen LogP contribution is -1.98. The molecule has 4 heteroatoms. The van der Waals surface area contributed by atoms with E-state index >= 15 is 0 Å². The lowest BCUT2D eigenvalue weighted by molar-refractivity contribution is 0.101. The predicted octanol–water partition coefficient (Wildman–Crippen LogP) is 3.29. The van der Waals surface area contributed by atoms with Crippen LogP contribution >= 0.6 is 34.2 Å². The van der Waals surface area contributed by atoms with E-state index in [2.05, 4.69) is 0 Å². The molecule has 0 saturated heterocycles. The average molecular weight is 298 g/mol. The van der Waals surface area contributed by atoms with Gasteiger partial charge in [-0.1, -0.05) is 11.6 Å². The van der Waals surface area contributed by atoms with Gasteiger partial charge < -0.3 is 0 Å². The minimum Gasteiger partial charge on any atom is -0.294 e. The van der Waals surface area contributed by atoms with Gasteiger partial charge in [0, 0.05) is 9.13 Å². The summed E-state index contributed by atoms with van der Waals surface area (Å²) >= 11 is 7.55. The molecule has 0 atom stereocenters. The molecule has 0 aliphatic carbocycles. The van der Waals surface area contributed by atoms with Gasteiger partial charge in [-0.2, -0.15) is 0 Å². The van der Waals surface area contributed by atoms with Crippen molar-refractivity contribution in [3.8, 4) is 0 Å². The van der Waals surface area contributed by atoms with Gasteiger partial charge in [-0.3, -0.25) is 4.79 Å². The van der Waals surface area contributed by atoms with E-state index in [1.54, 1.807) is 0 Å². The second-order valence-electron chi connectivity index (χ2n) is 2.30. The predicted molar refractivity (Wildman–Crippen MR) is 54.1 cm³/mol. The molecule has 0 heterocycles. The lowest BCUT2D eigenvalue weighted by atomic mass is 10.1. The van der Waals surface area contributed by atoms with E-state index in [1.807, 2.05) is 22.6 Å². The van der Waals surface area contributed by atoms with E-state index in [0.717, 1.165) is 6.07 Å². The zero-order valence-electron chi connectivity index (χ0n) is 6.20. The summed E-state index contributed by atoms with van der Waals surface area (Å²) in [5, 5.41) is 0.173. The number of Topliss-reactive ketones (excluding diaryl/α,β-unsaturated/α-hetero) is 1. The third-order valence-corrected chi connectivity index (χ3v) is 2.51. The summed E-state index contributed by atoms with van der Waals surface area (Å²) in [6, 6.07) is 2.42. The van der Waals surface area contributed by atoms with Crippen molar-refractivity contribution in [1.29, 1.82) is 0 Å². The maximum Gasteiger partial charge on any atom is 0.162 e. The summed E-state index contributed by atoms with van der Waals surface area (Å²) < 4.78 is 13.2. The van der Waals surface area contributed by atoms with Crippen LogP contribution in [0.4, 0.5) is 4.39 Å². The first-order chi connectivity index (χ1) is 5.52. The van der Waals surface area contributed by atoms with Gasteiger partial charge in [-0.25, -0.2) is 4.39 Å². The fourth-order valence-corrected chi connectivity index (χ4v) is 2.34. The Bertz CT molecular complexity index is 315. The summed E-state index contributed by atoms with van der Waals surface area (Å²) in [6.45, 7) is 1.40. The van der Waals surface area contributed by atoms with Crippen LogP contribution in [0.2, 0.25) is 5.02 Å². The van der Waals surface area contributed by atoms with Crippen molar-refractivity contribution in [3.05, 3.63) is 32.1 Å². The van der Waals surface area contributed by atoms with Crippen LogP contribution in [0.15, 0.2) is 12.1 Å². The molecule has 1 nitrogen and oxygen atoms in total. The number of halogens is 3. The van der Waals surface area contributed by atoms with E-state index in [4.69, 9.17) is 11.6 Å². The molecule has 0 saturated carbocycles. The summed E-state index contributed by atoms with van der Waals surface area (Å²) in [4.78, 5) is 11.0. The molecule has 0 amide bonds. The molecule has 0 aliphatic heterocycles. The summed E-state index contributed by atoms with van der Waals surface area (Å²) in [5.74, 6) is -0.571. The molecule has 0 N–H and O–H groups in total. The first-order valence-electron chi connectivity index (χ1n) is 3.18. The molecule has 0 spiro atoms. The summed E-state index contributed by atoms with van der Waals surface area (Å²) in [5.41, 5.74) is 0.388. The Hall–Kier alpha value is -0.160. The first-order valence-corrected chi connectivity index (χ1v) is 4.63. The third-order valence-electron chi connectivity index (χ3n) is 1.36. The monoisotopic (exact) mass is 298 g/mol. The molecule has 1 aromatic rings. The fraction of sp³-hybridized carbons (Fsp3) is 0.125. The third kappa shape index (κ3) is 1.95. The Morgan fingerprint density at radius 2 is 2.17 bits per heavy atom. The molecule has 1 aromatic carbocycles. The molecular weight excluding hydrogens is 293 g/mol. The molecule has 0 bridgehead atoms. The Labute approximate surface area is 88.1 Å². The van der Waals surface area contributed by atoms with Crippen LogP contribution in [0.5, 0.6) is 0 Å². The zero-order valence-corrected chi connectivity index (χ0v) is 9.11. The quantitative estimate of drug-likeness (QED) is 0.574. The van der Waals surface area contributed by atoms with E-state index < -0.39 is 5.82 Å². The molecule has 64 valence electrons. The van der Waals surface area contributed by atoms with Gasteiger partial charge in [0.15, 0.2) is 5.78 Å². The largest absolute Gasteiger partial charge is 0.294 e. The van der Waals surface area contributed by atoms with Gasteiger partial charge in [0.05, 0.1) is 5.02 Å². The Balaban J connectivity index is 3.38. The van der Waals surface area contributed by atoms with Crippen LogP contribution in [0.3, 0.4) is 0 Å². The molecular formula is C8H5ClFIO. The second-order valence-corrected chi connectivity index (χ2v) is 3.87. The average Bonchev–Trinajstić information content (AvgIpc) is 1.82. The van der Waals surface area contributed by atoms with E-state index in [-0.39, 0.29) is 10.8 Å². The van der Waals surface area contributed by atoms with Crippen LogP contribution in [0.25, 0.3) is 0 Å². The number of hydrogen-bond acceptors (Lipinski definition) is 1. The SMILES string of the molecule is CC(=O)c1c(Cl)cc(F)cc1I. The minimum absolute atomic E-state index is 0.149. The number of rotatable bonds is 1. The van der Waals surface area contributed by atoms with Gasteiger partial charge in [0.1, 0.15) is 5.82 Å². The van der Waals surface area contributed by atoms with Gasteiger partial charge in [0.25, 0.3) is 0 Å². The minimum atomic E-state index is -0.422. The number of hydrogen-bond donors (Lipinski definition) is 0. The van der Waals surface area contributed by atoms with E-state index in [1.165, 1.54) is 13.0 Å². The Morgan fingerprint density at radius 3 is 2.58 bits per heavy atom. The molecule has 0 fully saturated rings. The van der Waals surface area contributed by atoms with Crippen LogP contribution in [0, 0.1) is 9.39 Å². The van der Waals surface area contributed by atoms with Gasteiger partial charge >= 0.3 is 0 Å². The Morgan fingerprint density at radius 1 is 1.58 bits per heavy atom. The molecule has 0 unspecified atom stereocenters. The van der Waals surface area contributed by atoms with Crippen molar-refractivity contribution >= 4 is 40.0 Å².